The average Bonchev–Trinajstić information content (AvgIpc) is 2.65. The monoisotopic (exact) mass is 339 g/mol. The molecule has 132 valence electrons. The molecule has 25 heavy (non-hydrogen) atoms. The summed E-state index contributed by atoms with van der Waals surface area (Å²) < 4.78 is 0. The minimum absolute atomic E-state index is 0.0790. The van der Waals surface area contributed by atoms with E-state index in [1.165, 1.54) is 0 Å². The number of nitrogens with one attached hydrogen (secondary N) is 1. The topological polar surface area (TPSA) is 52.7 Å². The largest absolute Gasteiger partial charge is 0.325 e. The molecule has 0 aromatic heterocycles. The number of carbonyl (C=O) groups excluding carboxylic acids is 2. The normalized spacial score (nSPS) is 10.6. The van der Waals surface area contributed by atoms with Crippen LogP contribution in [0.25, 0.3) is 0 Å². The first-order chi connectivity index (χ1) is 12.0. The molecule has 2 aromatic rings. The number of amides is 2. The van der Waals surface area contributed by atoms with Gasteiger partial charge in [-0.1, -0.05) is 38.1 Å². The Balaban J connectivity index is 2.08. The third kappa shape index (κ3) is 5.16. The van der Waals surface area contributed by atoms with Crippen molar-refractivity contribution in [2.75, 3.05) is 36.9 Å². The molecule has 2 aromatic carbocycles. The van der Waals surface area contributed by atoms with Crippen molar-refractivity contribution in [3.8, 4) is 0 Å². The van der Waals surface area contributed by atoms with E-state index >= 15 is 0 Å². The molecule has 0 saturated carbocycles. The van der Waals surface area contributed by atoms with Gasteiger partial charge in [0.1, 0.15) is 0 Å². The van der Waals surface area contributed by atoms with Crippen molar-refractivity contribution in [2.24, 2.45) is 0 Å². The molecule has 0 aliphatic rings. The highest BCUT2D eigenvalue weighted by atomic mass is 16.2. The van der Waals surface area contributed by atoms with E-state index in [0.717, 1.165) is 18.8 Å². The molecule has 0 fully saturated rings. The van der Waals surface area contributed by atoms with Crippen molar-refractivity contribution in [3.05, 3.63) is 60.2 Å². The number of benzene rings is 2. The third-order valence-corrected chi connectivity index (χ3v) is 4.10. The molecular formula is C20H25N3O2. The zero-order valence-electron chi connectivity index (χ0n) is 15.0. The van der Waals surface area contributed by atoms with Crippen molar-refractivity contribution in [3.63, 3.8) is 0 Å². The highest BCUT2D eigenvalue weighted by Crippen LogP contribution is 2.17. The minimum Gasteiger partial charge on any atom is -0.325 e. The Bertz CT molecular complexity index is 712. The van der Waals surface area contributed by atoms with Crippen LogP contribution in [0.1, 0.15) is 24.2 Å². The number of carbonyl (C=O) groups is 2. The molecule has 0 bridgehead atoms. The predicted molar refractivity (Wildman–Crippen MR) is 102 cm³/mol. The van der Waals surface area contributed by atoms with Gasteiger partial charge in [-0.05, 0) is 43.4 Å². The second-order valence-corrected chi connectivity index (χ2v) is 5.79. The van der Waals surface area contributed by atoms with Gasteiger partial charge in [0.25, 0.3) is 5.91 Å². The van der Waals surface area contributed by atoms with Crippen LogP contribution in [0.3, 0.4) is 0 Å². The third-order valence-electron chi connectivity index (χ3n) is 4.10. The molecule has 0 spiro atoms. The molecule has 1 N–H and O–H groups in total. The Morgan fingerprint density at radius 3 is 2.28 bits per heavy atom. The molecule has 0 saturated heterocycles. The summed E-state index contributed by atoms with van der Waals surface area (Å²) in [5.74, 6) is -0.198. The molecule has 2 rings (SSSR count). The quantitative estimate of drug-likeness (QED) is 0.842. The summed E-state index contributed by atoms with van der Waals surface area (Å²) >= 11 is 0. The van der Waals surface area contributed by atoms with Crippen LogP contribution < -0.4 is 10.2 Å². The van der Waals surface area contributed by atoms with E-state index in [-0.39, 0.29) is 11.8 Å². The lowest BCUT2D eigenvalue weighted by Gasteiger charge is -2.19. The fourth-order valence-corrected chi connectivity index (χ4v) is 2.54. The summed E-state index contributed by atoms with van der Waals surface area (Å²) in [6, 6.07) is 16.5. The van der Waals surface area contributed by atoms with Crippen LogP contribution in [-0.4, -0.2) is 43.4 Å². The SMILES string of the molecule is CCN(CC)CC(=O)Nc1cccc(C(=O)N(C)c2ccccc2)c1. The molecule has 0 heterocycles. The van der Waals surface area contributed by atoms with E-state index in [2.05, 4.69) is 5.32 Å². The maximum absolute atomic E-state index is 12.7. The van der Waals surface area contributed by atoms with Gasteiger partial charge in [0.05, 0.1) is 6.54 Å². The van der Waals surface area contributed by atoms with E-state index in [1.807, 2.05) is 49.1 Å². The lowest BCUT2D eigenvalue weighted by atomic mass is 10.1. The lowest BCUT2D eigenvalue weighted by Crippen LogP contribution is -2.33. The molecule has 5 nitrogen and oxygen atoms in total. The summed E-state index contributed by atoms with van der Waals surface area (Å²) in [4.78, 5) is 28.4. The van der Waals surface area contributed by atoms with Crippen molar-refractivity contribution in [1.82, 2.24) is 4.90 Å². The smallest absolute Gasteiger partial charge is 0.258 e. The molecule has 0 aliphatic carbocycles. The van der Waals surface area contributed by atoms with Crippen LogP contribution in [-0.2, 0) is 4.79 Å². The van der Waals surface area contributed by atoms with Crippen molar-refractivity contribution < 1.29 is 9.59 Å². The molecular weight excluding hydrogens is 314 g/mol. The molecule has 0 aliphatic heterocycles. The van der Waals surface area contributed by atoms with E-state index in [4.69, 9.17) is 0 Å². The number of hydrogen-bond acceptors (Lipinski definition) is 3. The molecule has 0 atom stereocenters. The second kappa shape index (κ2) is 8.99. The van der Waals surface area contributed by atoms with Gasteiger partial charge in [-0.3, -0.25) is 14.5 Å². The number of likely N-dealkylation sites (N-methyl/N-ethyl adjacent to an activating group) is 1. The van der Waals surface area contributed by atoms with E-state index < -0.39 is 0 Å². The van der Waals surface area contributed by atoms with Crippen LogP contribution in [0.2, 0.25) is 0 Å². The second-order valence-electron chi connectivity index (χ2n) is 5.79. The highest BCUT2D eigenvalue weighted by Gasteiger charge is 2.14. The van der Waals surface area contributed by atoms with Gasteiger partial charge in [0.15, 0.2) is 0 Å². The standard InChI is InChI=1S/C20H25N3O2/c1-4-23(5-2)15-19(24)21-17-11-9-10-16(14-17)20(25)22(3)18-12-7-6-8-13-18/h6-14H,4-5,15H2,1-3H3,(H,21,24). The Kier molecular flexibility index (Phi) is 6.71. The summed E-state index contributed by atoms with van der Waals surface area (Å²) in [6.07, 6.45) is 0. The van der Waals surface area contributed by atoms with Gasteiger partial charge >= 0.3 is 0 Å². The van der Waals surface area contributed by atoms with E-state index in [1.54, 1.807) is 36.2 Å². The number of hydrogen-bond donors (Lipinski definition) is 1. The van der Waals surface area contributed by atoms with Crippen molar-refractivity contribution >= 4 is 23.2 Å². The molecule has 0 radical (unpaired) electrons. The molecule has 2 amide bonds. The number of rotatable bonds is 7. The Morgan fingerprint density at radius 2 is 1.64 bits per heavy atom. The van der Waals surface area contributed by atoms with Crippen LogP contribution in [0.15, 0.2) is 54.6 Å². The van der Waals surface area contributed by atoms with Gasteiger partial charge < -0.3 is 10.2 Å². The summed E-state index contributed by atoms with van der Waals surface area (Å²) in [5, 5.41) is 2.86. The van der Waals surface area contributed by atoms with Crippen molar-refractivity contribution in [2.45, 2.75) is 13.8 Å². The maximum Gasteiger partial charge on any atom is 0.258 e. The number of nitrogens with zero attached hydrogens (tertiary/aromatic N) is 2. The van der Waals surface area contributed by atoms with Gasteiger partial charge in [0, 0.05) is 24.0 Å². The van der Waals surface area contributed by atoms with Crippen LogP contribution >= 0.6 is 0 Å². The number of para-hydroxylation sites is 1. The van der Waals surface area contributed by atoms with E-state index in [9.17, 15) is 9.59 Å². The first kappa shape index (κ1) is 18.7. The highest BCUT2D eigenvalue weighted by molar-refractivity contribution is 6.06. The first-order valence-corrected chi connectivity index (χ1v) is 8.50. The Hall–Kier alpha value is -2.66. The molecule has 5 heteroatoms. The summed E-state index contributed by atoms with van der Waals surface area (Å²) in [5.41, 5.74) is 1.99. The van der Waals surface area contributed by atoms with Crippen molar-refractivity contribution in [1.29, 1.82) is 0 Å². The zero-order chi connectivity index (χ0) is 18.2. The zero-order valence-corrected chi connectivity index (χ0v) is 15.0. The minimum atomic E-state index is -0.119. The van der Waals surface area contributed by atoms with Crippen LogP contribution in [0.4, 0.5) is 11.4 Å². The fraction of sp³-hybridized carbons (Fsp3) is 0.300. The fourth-order valence-electron chi connectivity index (χ4n) is 2.54. The summed E-state index contributed by atoms with van der Waals surface area (Å²) in [6.45, 7) is 6.04. The maximum atomic E-state index is 12.7. The summed E-state index contributed by atoms with van der Waals surface area (Å²) in [7, 11) is 1.74. The molecule has 0 unspecified atom stereocenters. The van der Waals surface area contributed by atoms with Gasteiger partial charge in [-0.25, -0.2) is 0 Å². The Labute approximate surface area is 149 Å². The average molecular weight is 339 g/mol. The van der Waals surface area contributed by atoms with Gasteiger partial charge in [-0.2, -0.15) is 0 Å². The van der Waals surface area contributed by atoms with Crippen LogP contribution in [0, 0.1) is 0 Å². The predicted octanol–water partition coefficient (Wildman–Crippen LogP) is 3.24. The van der Waals surface area contributed by atoms with Gasteiger partial charge in [0.2, 0.25) is 5.91 Å². The van der Waals surface area contributed by atoms with Gasteiger partial charge in [-0.15, -0.1) is 0 Å². The van der Waals surface area contributed by atoms with E-state index in [0.29, 0.717) is 17.8 Å². The first-order valence-electron chi connectivity index (χ1n) is 8.50. The Morgan fingerprint density at radius 1 is 0.960 bits per heavy atom. The number of anilines is 2. The lowest BCUT2D eigenvalue weighted by molar-refractivity contribution is -0.117. The van der Waals surface area contributed by atoms with Crippen LogP contribution in [0.5, 0.6) is 0 Å².